The lowest BCUT2D eigenvalue weighted by Crippen LogP contribution is -2.01. The van der Waals surface area contributed by atoms with Crippen LogP contribution in [0.5, 0.6) is 5.75 Å². The molecular weight excluding hydrogens is 228 g/mol. The van der Waals surface area contributed by atoms with Crippen molar-refractivity contribution in [3.05, 3.63) is 28.8 Å². The molecule has 0 aliphatic heterocycles. The summed E-state index contributed by atoms with van der Waals surface area (Å²) in [7, 11) is 0. The molecule has 0 radical (unpaired) electrons. The quantitative estimate of drug-likeness (QED) is 0.636. The number of benzene rings is 1. The molecule has 0 aromatic heterocycles. The average molecular weight is 239 g/mol. The standard InChI is InChI=1S/C12H11ClO3/c1-2-16-11(15)8-4-6-9-5-3-7-10(14)12(9)13/h3,5,7,14H,2,8H2,1H3. The molecule has 0 aliphatic rings. The zero-order valence-electron chi connectivity index (χ0n) is 8.79. The van der Waals surface area contributed by atoms with E-state index in [0.29, 0.717) is 12.2 Å². The van der Waals surface area contributed by atoms with Gasteiger partial charge in [0.05, 0.1) is 11.6 Å². The molecule has 4 heteroatoms. The minimum absolute atomic E-state index is 0.0137. The molecule has 0 fully saturated rings. The Morgan fingerprint density at radius 2 is 2.31 bits per heavy atom. The summed E-state index contributed by atoms with van der Waals surface area (Å²) in [5.74, 6) is 4.94. The highest BCUT2D eigenvalue weighted by Crippen LogP contribution is 2.25. The third kappa shape index (κ3) is 3.48. The van der Waals surface area contributed by atoms with Crippen molar-refractivity contribution in [2.24, 2.45) is 0 Å². The van der Waals surface area contributed by atoms with Crippen LogP contribution in [0.3, 0.4) is 0 Å². The van der Waals surface area contributed by atoms with Crippen molar-refractivity contribution in [3.63, 3.8) is 0 Å². The summed E-state index contributed by atoms with van der Waals surface area (Å²) < 4.78 is 4.71. The summed E-state index contributed by atoms with van der Waals surface area (Å²) in [4.78, 5) is 11.0. The van der Waals surface area contributed by atoms with Gasteiger partial charge in [-0.05, 0) is 19.1 Å². The van der Waals surface area contributed by atoms with Crippen LogP contribution in [0.1, 0.15) is 18.9 Å². The van der Waals surface area contributed by atoms with Gasteiger partial charge in [0.15, 0.2) is 0 Å². The number of rotatable bonds is 2. The predicted molar refractivity (Wildman–Crippen MR) is 61.2 cm³/mol. The van der Waals surface area contributed by atoms with E-state index in [2.05, 4.69) is 11.8 Å². The minimum atomic E-state index is -0.369. The fourth-order valence-electron chi connectivity index (χ4n) is 1.04. The second kappa shape index (κ2) is 6.04. The van der Waals surface area contributed by atoms with Crippen LogP contribution in [0.25, 0.3) is 0 Å². The van der Waals surface area contributed by atoms with E-state index in [1.54, 1.807) is 19.1 Å². The molecule has 1 aromatic rings. The van der Waals surface area contributed by atoms with Crippen molar-refractivity contribution in [3.8, 4) is 17.6 Å². The lowest BCUT2D eigenvalue weighted by Gasteiger charge is -1.98. The Morgan fingerprint density at radius 1 is 1.56 bits per heavy atom. The minimum Gasteiger partial charge on any atom is -0.506 e. The van der Waals surface area contributed by atoms with E-state index < -0.39 is 0 Å². The first kappa shape index (κ1) is 12.4. The molecule has 16 heavy (non-hydrogen) atoms. The zero-order chi connectivity index (χ0) is 12.0. The van der Waals surface area contributed by atoms with Crippen LogP contribution in [0.4, 0.5) is 0 Å². The van der Waals surface area contributed by atoms with Gasteiger partial charge in [0.2, 0.25) is 0 Å². The monoisotopic (exact) mass is 238 g/mol. The molecular formula is C12H11ClO3. The van der Waals surface area contributed by atoms with Gasteiger partial charge >= 0.3 is 5.97 Å². The number of esters is 1. The highest BCUT2D eigenvalue weighted by molar-refractivity contribution is 6.33. The Kier molecular flexibility index (Phi) is 4.68. The van der Waals surface area contributed by atoms with E-state index in [1.165, 1.54) is 6.07 Å². The Morgan fingerprint density at radius 3 is 3.00 bits per heavy atom. The normalized spacial score (nSPS) is 9.12. The molecule has 0 atom stereocenters. The number of halogens is 1. The molecule has 0 heterocycles. The molecule has 0 saturated carbocycles. The number of hydrogen-bond acceptors (Lipinski definition) is 3. The number of phenolic OH excluding ortho intramolecular Hbond substituents is 1. The topological polar surface area (TPSA) is 46.5 Å². The summed E-state index contributed by atoms with van der Waals surface area (Å²) in [6.07, 6.45) is 0.0137. The second-order valence-corrected chi connectivity index (χ2v) is 3.30. The highest BCUT2D eigenvalue weighted by atomic mass is 35.5. The first-order valence-electron chi connectivity index (χ1n) is 4.77. The molecule has 0 aliphatic carbocycles. The fraction of sp³-hybridized carbons (Fsp3) is 0.250. The van der Waals surface area contributed by atoms with E-state index in [1.807, 2.05) is 0 Å². The number of carbonyl (C=O) groups is 1. The molecule has 1 rings (SSSR count). The fourth-order valence-corrected chi connectivity index (χ4v) is 1.21. The van der Waals surface area contributed by atoms with Crippen LogP contribution in [-0.4, -0.2) is 17.7 Å². The highest BCUT2D eigenvalue weighted by Gasteiger charge is 2.02. The molecule has 0 bridgehead atoms. The Hall–Kier alpha value is -1.66. The molecule has 0 amide bonds. The Balaban J connectivity index is 2.70. The molecule has 0 unspecified atom stereocenters. The summed E-state index contributed by atoms with van der Waals surface area (Å²) in [6, 6.07) is 4.77. The largest absolute Gasteiger partial charge is 0.506 e. The summed E-state index contributed by atoms with van der Waals surface area (Å²) in [5, 5.41) is 9.49. The van der Waals surface area contributed by atoms with Gasteiger partial charge in [0.25, 0.3) is 0 Å². The van der Waals surface area contributed by atoms with Gasteiger partial charge in [-0.25, -0.2) is 0 Å². The summed E-state index contributed by atoms with van der Waals surface area (Å²) in [5.41, 5.74) is 0.492. The molecule has 0 spiro atoms. The smallest absolute Gasteiger partial charge is 0.317 e. The van der Waals surface area contributed by atoms with Gasteiger partial charge in [-0.3, -0.25) is 4.79 Å². The SMILES string of the molecule is CCOC(=O)CC#Cc1cccc(O)c1Cl. The van der Waals surface area contributed by atoms with Crippen molar-refractivity contribution >= 4 is 17.6 Å². The molecule has 1 N–H and O–H groups in total. The lowest BCUT2D eigenvalue weighted by molar-refractivity contribution is -0.141. The second-order valence-electron chi connectivity index (χ2n) is 2.92. The number of ether oxygens (including phenoxy) is 1. The van der Waals surface area contributed by atoms with Gasteiger partial charge < -0.3 is 9.84 Å². The van der Waals surface area contributed by atoms with Gasteiger partial charge in [-0.15, -0.1) is 0 Å². The van der Waals surface area contributed by atoms with Crippen molar-refractivity contribution in [1.29, 1.82) is 0 Å². The maximum atomic E-state index is 11.0. The van der Waals surface area contributed by atoms with E-state index in [9.17, 15) is 9.90 Å². The first-order valence-corrected chi connectivity index (χ1v) is 5.15. The van der Waals surface area contributed by atoms with Gasteiger partial charge in [0, 0.05) is 5.56 Å². The van der Waals surface area contributed by atoms with Crippen LogP contribution in [-0.2, 0) is 9.53 Å². The average Bonchev–Trinajstić information content (AvgIpc) is 2.25. The van der Waals surface area contributed by atoms with Crippen molar-refractivity contribution in [1.82, 2.24) is 0 Å². The molecule has 0 saturated heterocycles. The van der Waals surface area contributed by atoms with E-state index >= 15 is 0 Å². The Labute approximate surface area is 99.0 Å². The molecule has 84 valence electrons. The van der Waals surface area contributed by atoms with E-state index in [4.69, 9.17) is 16.3 Å². The third-order valence-corrected chi connectivity index (χ3v) is 2.14. The zero-order valence-corrected chi connectivity index (χ0v) is 9.54. The van der Waals surface area contributed by atoms with E-state index in [0.717, 1.165) is 0 Å². The number of aromatic hydroxyl groups is 1. The maximum Gasteiger partial charge on any atom is 0.317 e. The van der Waals surface area contributed by atoms with Crippen molar-refractivity contribution in [2.45, 2.75) is 13.3 Å². The molecule has 1 aromatic carbocycles. The summed E-state index contributed by atoms with van der Waals surface area (Å²) in [6.45, 7) is 2.07. The van der Waals surface area contributed by atoms with Gasteiger partial charge in [-0.1, -0.05) is 29.5 Å². The first-order chi connectivity index (χ1) is 7.65. The number of carbonyl (C=O) groups excluding carboxylic acids is 1. The number of hydrogen-bond donors (Lipinski definition) is 1. The molecule has 3 nitrogen and oxygen atoms in total. The van der Waals surface area contributed by atoms with Crippen LogP contribution in [0.2, 0.25) is 5.02 Å². The van der Waals surface area contributed by atoms with Crippen LogP contribution >= 0.6 is 11.6 Å². The van der Waals surface area contributed by atoms with Crippen molar-refractivity contribution in [2.75, 3.05) is 6.61 Å². The van der Waals surface area contributed by atoms with Gasteiger partial charge in [0.1, 0.15) is 12.2 Å². The maximum absolute atomic E-state index is 11.0. The summed E-state index contributed by atoms with van der Waals surface area (Å²) >= 11 is 5.80. The Bertz CT molecular complexity index is 443. The number of phenols is 1. The van der Waals surface area contributed by atoms with Crippen LogP contribution < -0.4 is 0 Å². The van der Waals surface area contributed by atoms with Crippen LogP contribution in [0.15, 0.2) is 18.2 Å². The predicted octanol–water partition coefficient (Wildman–Crippen LogP) is 2.35. The van der Waals surface area contributed by atoms with Crippen LogP contribution in [0, 0.1) is 11.8 Å². The van der Waals surface area contributed by atoms with Gasteiger partial charge in [-0.2, -0.15) is 0 Å². The van der Waals surface area contributed by atoms with E-state index in [-0.39, 0.29) is 23.2 Å². The van der Waals surface area contributed by atoms with Crippen molar-refractivity contribution < 1.29 is 14.6 Å². The third-order valence-electron chi connectivity index (χ3n) is 1.74. The lowest BCUT2D eigenvalue weighted by atomic mass is 10.2.